The Bertz CT molecular complexity index is 405. The van der Waals surface area contributed by atoms with Gasteiger partial charge in [-0.05, 0) is 34.6 Å². The molecule has 0 aliphatic carbocycles. The maximum atomic E-state index is 9.81. The molecule has 3 N–H and O–H groups in total. The van der Waals surface area contributed by atoms with E-state index < -0.39 is 14.1 Å². The van der Waals surface area contributed by atoms with Crippen LogP contribution in [0.3, 0.4) is 0 Å². The summed E-state index contributed by atoms with van der Waals surface area (Å²) < 4.78 is 20.3. The molecule has 1 saturated heterocycles. The topological polar surface area (TPSA) is 101 Å². The molecule has 2 unspecified atom stereocenters. The molecular formula is C16H32N3O4P. The van der Waals surface area contributed by atoms with Gasteiger partial charge in [-0.15, -0.1) is 0 Å². The van der Waals surface area contributed by atoms with Crippen molar-refractivity contribution in [2.24, 2.45) is 5.73 Å². The number of hydrogen-bond acceptors (Lipinski definition) is 7. The fraction of sp³-hybridized carbons (Fsp3) is 0.938. The quantitative estimate of drug-likeness (QED) is 0.454. The SMILES string of the molecule is CC(C)N(C(C)C)P(OCCC#N)OC1C[C@H](C)O[C@@]1(CN)CO. The second-order valence-corrected chi connectivity index (χ2v) is 8.14. The first-order valence-corrected chi connectivity index (χ1v) is 9.68. The minimum Gasteiger partial charge on any atom is -0.393 e. The molecule has 1 rings (SSSR count). The second kappa shape index (κ2) is 9.98. The smallest absolute Gasteiger partial charge is 0.259 e. The number of nitriles is 1. The van der Waals surface area contributed by atoms with E-state index in [1.165, 1.54) is 0 Å². The largest absolute Gasteiger partial charge is 0.393 e. The lowest BCUT2D eigenvalue weighted by Crippen LogP contribution is -2.51. The Morgan fingerprint density at radius 2 is 2.04 bits per heavy atom. The molecule has 1 aliphatic rings. The number of aliphatic hydroxyl groups is 1. The van der Waals surface area contributed by atoms with E-state index >= 15 is 0 Å². The molecule has 1 fully saturated rings. The Kier molecular flexibility index (Phi) is 9.03. The van der Waals surface area contributed by atoms with E-state index in [1.54, 1.807) is 0 Å². The van der Waals surface area contributed by atoms with Gasteiger partial charge in [0.2, 0.25) is 0 Å². The Morgan fingerprint density at radius 1 is 1.42 bits per heavy atom. The Balaban J connectivity index is 2.95. The third-order valence-corrected chi connectivity index (χ3v) is 6.20. The second-order valence-electron chi connectivity index (χ2n) is 6.73. The van der Waals surface area contributed by atoms with Gasteiger partial charge in [-0.2, -0.15) is 5.26 Å². The van der Waals surface area contributed by atoms with Gasteiger partial charge in [0, 0.05) is 25.0 Å². The lowest BCUT2D eigenvalue weighted by atomic mass is 9.98. The summed E-state index contributed by atoms with van der Waals surface area (Å²) >= 11 is 0. The highest BCUT2D eigenvalue weighted by Crippen LogP contribution is 2.50. The van der Waals surface area contributed by atoms with Crippen LogP contribution in [-0.4, -0.2) is 59.4 Å². The van der Waals surface area contributed by atoms with Crippen LogP contribution in [-0.2, 0) is 13.8 Å². The summed E-state index contributed by atoms with van der Waals surface area (Å²) in [4.78, 5) is 0. The van der Waals surface area contributed by atoms with E-state index in [-0.39, 0.29) is 37.4 Å². The predicted octanol–water partition coefficient (Wildman–Crippen LogP) is 2.15. The van der Waals surface area contributed by atoms with E-state index in [0.717, 1.165) is 0 Å². The highest BCUT2D eigenvalue weighted by atomic mass is 31.2. The van der Waals surface area contributed by atoms with Crippen LogP contribution in [0.5, 0.6) is 0 Å². The number of aliphatic hydroxyl groups excluding tert-OH is 1. The molecule has 8 heteroatoms. The Labute approximate surface area is 147 Å². The first-order chi connectivity index (χ1) is 11.3. The van der Waals surface area contributed by atoms with Gasteiger partial charge in [0.1, 0.15) is 11.7 Å². The van der Waals surface area contributed by atoms with E-state index in [4.69, 9.17) is 24.8 Å². The lowest BCUT2D eigenvalue weighted by molar-refractivity contribution is -0.0966. The zero-order chi connectivity index (χ0) is 18.3. The fourth-order valence-electron chi connectivity index (χ4n) is 2.97. The number of nitrogens with two attached hydrogens (primary N) is 1. The van der Waals surface area contributed by atoms with Crippen LogP contribution in [0.25, 0.3) is 0 Å². The van der Waals surface area contributed by atoms with Gasteiger partial charge in [0.05, 0.1) is 31.8 Å². The van der Waals surface area contributed by atoms with Crippen LogP contribution < -0.4 is 5.73 Å². The molecule has 0 bridgehead atoms. The number of ether oxygens (including phenoxy) is 1. The van der Waals surface area contributed by atoms with E-state index in [9.17, 15) is 5.11 Å². The third-order valence-electron chi connectivity index (χ3n) is 4.06. The van der Waals surface area contributed by atoms with Crippen molar-refractivity contribution >= 4 is 8.53 Å². The third kappa shape index (κ3) is 5.34. The van der Waals surface area contributed by atoms with E-state index in [2.05, 4.69) is 38.4 Å². The van der Waals surface area contributed by atoms with Crippen molar-refractivity contribution in [2.45, 2.75) is 77.4 Å². The molecular weight excluding hydrogens is 329 g/mol. The summed E-state index contributed by atoms with van der Waals surface area (Å²) in [6, 6.07) is 2.53. The average Bonchev–Trinajstić information content (AvgIpc) is 2.82. The standard InChI is InChI=1S/C16H32N3O4P/c1-12(2)19(13(3)4)24(21-8-6-7-17)23-15-9-14(5)22-16(15,10-18)11-20/h12-15,20H,6,8-11,18H2,1-5H3/t14-,15?,16-,24?/m0/s1. The van der Waals surface area contributed by atoms with E-state index in [1.807, 2.05) is 6.92 Å². The molecule has 0 spiro atoms. The van der Waals surface area contributed by atoms with Gasteiger partial charge in [-0.1, -0.05) is 0 Å². The van der Waals surface area contributed by atoms with Gasteiger partial charge < -0.3 is 24.6 Å². The van der Waals surface area contributed by atoms with Crippen molar-refractivity contribution in [3.05, 3.63) is 0 Å². The van der Waals surface area contributed by atoms with Crippen LogP contribution >= 0.6 is 8.53 Å². The van der Waals surface area contributed by atoms with Gasteiger partial charge >= 0.3 is 0 Å². The van der Waals surface area contributed by atoms with Crippen molar-refractivity contribution < 1.29 is 18.9 Å². The average molecular weight is 361 g/mol. The van der Waals surface area contributed by atoms with Crippen LogP contribution in [0.15, 0.2) is 0 Å². The molecule has 1 aliphatic heterocycles. The number of nitrogens with zero attached hydrogens (tertiary/aromatic N) is 2. The highest BCUT2D eigenvalue weighted by molar-refractivity contribution is 7.44. The molecule has 4 atom stereocenters. The van der Waals surface area contributed by atoms with Gasteiger partial charge in [0.15, 0.2) is 0 Å². The minimum absolute atomic E-state index is 0.0341. The molecule has 0 aromatic rings. The molecule has 0 radical (unpaired) electrons. The summed E-state index contributed by atoms with van der Waals surface area (Å²) in [6.07, 6.45) is 0.595. The maximum Gasteiger partial charge on any atom is 0.259 e. The fourth-order valence-corrected chi connectivity index (χ4v) is 4.77. The van der Waals surface area contributed by atoms with Crippen LogP contribution in [0.1, 0.15) is 47.5 Å². The molecule has 0 aromatic heterocycles. The molecule has 0 amide bonds. The number of rotatable bonds is 10. The number of hydrogen-bond donors (Lipinski definition) is 2. The van der Waals surface area contributed by atoms with Crippen molar-refractivity contribution in [3.8, 4) is 6.07 Å². The summed E-state index contributed by atoms with van der Waals surface area (Å²) in [5.41, 5.74) is 4.98. The van der Waals surface area contributed by atoms with Crippen molar-refractivity contribution in [3.63, 3.8) is 0 Å². The zero-order valence-electron chi connectivity index (χ0n) is 15.4. The van der Waals surface area contributed by atoms with Crippen LogP contribution in [0.2, 0.25) is 0 Å². The normalized spacial score (nSPS) is 28.7. The minimum atomic E-state index is -1.38. The first-order valence-electron chi connectivity index (χ1n) is 8.55. The molecule has 0 aromatic carbocycles. The van der Waals surface area contributed by atoms with Crippen LogP contribution in [0, 0.1) is 11.3 Å². The molecule has 1 heterocycles. The van der Waals surface area contributed by atoms with Gasteiger partial charge in [0.25, 0.3) is 8.53 Å². The Hall–Kier alpha value is -0.320. The summed E-state index contributed by atoms with van der Waals surface area (Å²) in [5, 5.41) is 18.6. The first kappa shape index (κ1) is 21.7. The highest BCUT2D eigenvalue weighted by Gasteiger charge is 2.49. The van der Waals surface area contributed by atoms with Crippen molar-refractivity contribution in [1.82, 2.24) is 4.67 Å². The lowest BCUT2D eigenvalue weighted by Gasteiger charge is -2.39. The van der Waals surface area contributed by atoms with E-state index in [0.29, 0.717) is 19.4 Å². The Morgan fingerprint density at radius 3 is 2.50 bits per heavy atom. The zero-order valence-corrected chi connectivity index (χ0v) is 16.3. The molecule has 140 valence electrons. The summed E-state index contributed by atoms with van der Waals surface area (Å²) in [7, 11) is -1.38. The predicted molar refractivity (Wildman–Crippen MR) is 94.1 cm³/mol. The molecule has 7 nitrogen and oxygen atoms in total. The molecule has 24 heavy (non-hydrogen) atoms. The van der Waals surface area contributed by atoms with Gasteiger partial charge in [-0.25, -0.2) is 4.67 Å². The van der Waals surface area contributed by atoms with Crippen LogP contribution in [0.4, 0.5) is 0 Å². The summed E-state index contributed by atoms with van der Waals surface area (Å²) in [6.45, 7) is 10.6. The maximum absolute atomic E-state index is 9.81. The monoisotopic (exact) mass is 361 g/mol. The molecule has 0 saturated carbocycles. The van der Waals surface area contributed by atoms with Crippen molar-refractivity contribution in [2.75, 3.05) is 19.8 Å². The van der Waals surface area contributed by atoms with Gasteiger partial charge in [-0.3, -0.25) is 0 Å². The summed E-state index contributed by atoms with van der Waals surface area (Å²) in [5.74, 6) is 0. The van der Waals surface area contributed by atoms with Crippen molar-refractivity contribution in [1.29, 1.82) is 5.26 Å².